The van der Waals surface area contributed by atoms with E-state index in [1.807, 2.05) is 6.92 Å². The summed E-state index contributed by atoms with van der Waals surface area (Å²) in [5, 5.41) is 22.5. The Bertz CT molecular complexity index is 1230. The van der Waals surface area contributed by atoms with Crippen LogP contribution in [-0.4, -0.2) is 77.0 Å². The van der Waals surface area contributed by atoms with Crippen molar-refractivity contribution in [2.45, 2.75) is 25.5 Å². The molecule has 2 aromatic rings. The highest BCUT2D eigenvalue weighted by molar-refractivity contribution is 6.46. The van der Waals surface area contributed by atoms with Gasteiger partial charge in [-0.05, 0) is 48.4 Å². The molecule has 0 saturated carbocycles. The van der Waals surface area contributed by atoms with Gasteiger partial charge in [-0.1, -0.05) is 0 Å². The molecule has 3 aliphatic heterocycles. The van der Waals surface area contributed by atoms with Gasteiger partial charge in [0, 0.05) is 50.3 Å². The molecule has 5 rings (SSSR count). The number of aliphatic hydroxyl groups excluding tert-OH is 1. The molecule has 10 heteroatoms. The number of benzene rings is 2. The Morgan fingerprint density at radius 2 is 1.83 bits per heavy atom. The quantitative estimate of drug-likeness (QED) is 0.214. The molecule has 1 amide bonds. The third-order valence-corrected chi connectivity index (χ3v) is 6.89. The third kappa shape index (κ3) is 4.45. The molecular formula is C26H27N3O7. The van der Waals surface area contributed by atoms with Crippen molar-refractivity contribution in [3.05, 3.63) is 74.8 Å². The summed E-state index contributed by atoms with van der Waals surface area (Å²) in [6, 6.07) is 10.1. The Morgan fingerprint density at radius 1 is 1.11 bits per heavy atom. The van der Waals surface area contributed by atoms with Gasteiger partial charge in [0.05, 0.1) is 29.8 Å². The van der Waals surface area contributed by atoms with Crippen LogP contribution in [0.5, 0.6) is 5.75 Å². The molecule has 2 atom stereocenters. The van der Waals surface area contributed by atoms with Gasteiger partial charge in [-0.25, -0.2) is 0 Å². The van der Waals surface area contributed by atoms with Gasteiger partial charge in [-0.15, -0.1) is 0 Å². The van der Waals surface area contributed by atoms with Crippen molar-refractivity contribution in [3.8, 4) is 5.75 Å². The average molecular weight is 494 g/mol. The molecular weight excluding hydrogens is 466 g/mol. The zero-order valence-electron chi connectivity index (χ0n) is 19.9. The predicted molar refractivity (Wildman–Crippen MR) is 130 cm³/mol. The van der Waals surface area contributed by atoms with Crippen molar-refractivity contribution in [1.29, 1.82) is 0 Å². The molecule has 0 aliphatic carbocycles. The van der Waals surface area contributed by atoms with Crippen molar-refractivity contribution < 1.29 is 29.1 Å². The minimum absolute atomic E-state index is 0.0169. The number of rotatable bonds is 6. The normalized spacial score (nSPS) is 23.5. The lowest BCUT2D eigenvalue weighted by molar-refractivity contribution is -0.384. The maximum absolute atomic E-state index is 13.3. The largest absolute Gasteiger partial charge is 0.507 e. The molecule has 3 heterocycles. The lowest BCUT2D eigenvalue weighted by atomic mass is 9.94. The minimum Gasteiger partial charge on any atom is -0.507 e. The number of nitrogens with zero attached hydrogens (tertiary/aromatic N) is 3. The van der Waals surface area contributed by atoms with Crippen LogP contribution in [0.3, 0.4) is 0 Å². The summed E-state index contributed by atoms with van der Waals surface area (Å²) in [6.07, 6.45) is 0.694. The first-order chi connectivity index (χ1) is 17.3. The van der Waals surface area contributed by atoms with Crippen molar-refractivity contribution in [3.63, 3.8) is 0 Å². The van der Waals surface area contributed by atoms with E-state index in [-0.39, 0.29) is 29.7 Å². The van der Waals surface area contributed by atoms with Gasteiger partial charge in [0.2, 0.25) is 0 Å². The van der Waals surface area contributed by atoms with Crippen LogP contribution < -0.4 is 4.74 Å². The second-order valence-electron chi connectivity index (χ2n) is 9.25. The summed E-state index contributed by atoms with van der Waals surface area (Å²) in [4.78, 5) is 40.7. The van der Waals surface area contributed by atoms with Crippen LogP contribution in [-0.2, 0) is 20.7 Å². The Labute approximate surface area is 207 Å². The summed E-state index contributed by atoms with van der Waals surface area (Å²) in [5.74, 6) is -1.01. The summed E-state index contributed by atoms with van der Waals surface area (Å²) in [5.41, 5.74) is 1.73. The van der Waals surface area contributed by atoms with E-state index >= 15 is 0 Å². The van der Waals surface area contributed by atoms with Gasteiger partial charge in [0.1, 0.15) is 17.6 Å². The van der Waals surface area contributed by atoms with Gasteiger partial charge in [0.15, 0.2) is 0 Å². The van der Waals surface area contributed by atoms with Crippen molar-refractivity contribution in [2.75, 3.05) is 39.4 Å². The molecule has 36 heavy (non-hydrogen) atoms. The third-order valence-electron chi connectivity index (χ3n) is 6.89. The van der Waals surface area contributed by atoms with Crippen molar-refractivity contribution >= 4 is 23.1 Å². The number of hydrogen-bond donors (Lipinski definition) is 1. The number of ketones is 1. The Morgan fingerprint density at radius 3 is 2.53 bits per heavy atom. The molecule has 3 aliphatic rings. The second kappa shape index (κ2) is 9.71. The second-order valence-corrected chi connectivity index (χ2v) is 9.25. The first kappa shape index (κ1) is 24.0. The number of ether oxygens (including phenoxy) is 2. The van der Waals surface area contributed by atoms with E-state index in [4.69, 9.17) is 9.47 Å². The number of nitro groups is 1. The average Bonchev–Trinajstić information content (AvgIpc) is 3.38. The zero-order chi connectivity index (χ0) is 25.4. The van der Waals surface area contributed by atoms with Crippen LogP contribution in [0.15, 0.2) is 48.0 Å². The highest BCUT2D eigenvalue weighted by Gasteiger charge is 2.46. The van der Waals surface area contributed by atoms with Crippen LogP contribution in [0.1, 0.15) is 29.7 Å². The van der Waals surface area contributed by atoms with E-state index in [2.05, 4.69) is 4.90 Å². The van der Waals surface area contributed by atoms with Gasteiger partial charge in [-0.2, -0.15) is 0 Å². The minimum atomic E-state index is -0.865. The van der Waals surface area contributed by atoms with Crippen LogP contribution in [0.2, 0.25) is 0 Å². The van der Waals surface area contributed by atoms with Crippen molar-refractivity contribution in [1.82, 2.24) is 9.80 Å². The van der Waals surface area contributed by atoms with E-state index in [0.717, 1.165) is 24.4 Å². The van der Waals surface area contributed by atoms with Gasteiger partial charge >= 0.3 is 0 Å². The molecule has 10 nitrogen and oxygen atoms in total. The molecule has 0 spiro atoms. The molecule has 188 valence electrons. The van der Waals surface area contributed by atoms with E-state index < -0.39 is 22.7 Å². The number of carbonyl (C=O) groups is 2. The molecule has 1 N–H and O–H groups in total. The van der Waals surface area contributed by atoms with E-state index in [1.165, 1.54) is 29.2 Å². The topological polar surface area (TPSA) is 122 Å². The predicted octanol–water partition coefficient (Wildman–Crippen LogP) is 2.67. The SMILES string of the molecule is C[C@@H]1Cc2cc(C(O)=C3C(=O)C(=O)N(CCN4CCOCC4)[C@H]3c3ccc([N+](=O)[O-])cc3)ccc2O1. The fourth-order valence-corrected chi connectivity index (χ4v) is 5.03. The number of Topliss-reactive ketones (excluding diaryl/α,β-unsaturated/α-hetero) is 1. The molecule has 0 bridgehead atoms. The first-order valence-corrected chi connectivity index (χ1v) is 12.0. The Balaban J connectivity index is 1.54. The number of hydrogen-bond acceptors (Lipinski definition) is 8. The fourth-order valence-electron chi connectivity index (χ4n) is 5.03. The molecule has 2 aromatic carbocycles. The number of aliphatic hydroxyl groups is 1. The number of fused-ring (bicyclic) bond motifs is 1. The lowest BCUT2D eigenvalue weighted by Crippen LogP contribution is -2.42. The fraction of sp³-hybridized carbons (Fsp3) is 0.385. The first-order valence-electron chi connectivity index (χ1n) is 12.0. The number of morpholine rings is 1. The molecule has 2 saturated heterocycles. The maximum Gasteiger partial charge on any atom is 0.295 e. The van der Waals surface area contributed by atoms with Crippen LogP contribution in [0.4, 0.5) is 5.69 Å². The van der Waals surface area contributed by atoms with Gasteiger partial charge < -0.3 is 19.5 Å². The van der Waals surface area contributed by atoms with Gasteiger partial charge in [0.25, 0.3) is 17.4 Å². The Kier molecular flexibility index (Phi) is 6.46. The van der Waals surface area contributed by atoms with Gasteiger partial charge in [-0.3, -0.25) is 24.6 Å². The maximum atomic E-state index is 13.3. The zero-order valence-corrected chi connectivity index (χ0v) is 19.9. The molecule has 0 aromatic heterocycles. The number of non-ortho nitro benzene ring substituents is 1. The number of likely N-dealkylation sites (tertiary alicyclic amines) is 1. The summed E-state index contributed by atoms with van der Waals surface area (Å²) >= 11 is 0. The number of amides is 1. The molecule has 0 radical (unpaired) electrons. The highest BCUT2D eigenvalue weighted by atomic mass is 16.6. The van der Waals surface area contributed by atoms with Crippen LogP contribution >= 0.6 is 0 Å². The summed E-state index contributed by atoms with van der Waals surface area (Å²) < 4.78 is 11.1. The van der Waals surface area contributed by atoms with E-state index in [1.54, 1.807) is 18.2 Å². The number of nitro benzene ring substituents is 1. The standard InChI is InChI=1S/C26H27N3O7/c1-16-14-19-15-18(4-7-21(19)36-16)24(30)22-23(17-2-5-20(6-3-17)29(33)34)28(26(32)25(22)31)9-8-27-10-12-35-13-11-27/h2-7,15-16,23,30H,8-14H2,1H3/t16-,23+/m1/s1. The van der Waals surface area contributed by atoms with Crippen LogP contribution in [0, 0.1) is 10.1 Å². The molecule has 2 fully saturated rings. The lowest BCUT2D eigenvalue weighted by Gasteiger charge is -2.31. The van der Waals surface area contributed by atoms with E-state index in [9.17, 15) is 24.8 Å². The highest BCUT2D eigenvalue weighted by Crippen LogP contribution is 2.40. The van der Waals surface area contributed by atoms with Crippen LogP contribution in [0.25, 0.3) is 5.76 Å². The Hall–Kier alpha value is -3.76. The monoisotopic (exact) mass is 493 g/mol. The summed E-state index contributed by atoms with van der Waals surface area (Å²) in [7, 11) is 0. The van der Waals surface area contributed by atoms with Crippen molar-refractivity contribution in [2.24, 2.45) is 0 Å². The summed E-state index contributed by atoms with van der Waals surface area (Å²) in [6.45, 7) is 5.40. The number of carbonyl (C=O) groups excluding carboxylic acids is 2. The van der Waals surface area contributed by atoms with E-state index in [0.29, 0.717) is 37.3 Å². The molecule has 0 unspecified atom stereocenters. The smallest absolute Gasteiger partial charge is 0.295 e.